The van der Waals surface area contributed by atoms with Crippen LogP contribution in [0.3, 0.4) is 0 Å². The highest BCUT2D eigenvalue weighted by Crippen LogP contribution is 2.25. The number of ether oxygens (including phenoxy) is 1. The van der Waals surface area contributed by atoms with Crippen molar-refractivity contribution in [3.63, 3.8) is 0 Å². The fraction of sp³-hybridized carbons (Fsp3) is 0.0870. The molecular formula is C23H17N3O2S. The predicted octanol–water partition coefficient (Wildman–Crippen LogP) is 4.93. The monoisotopic (exact) mass is 399 g/mol. The van der Waals surface area contributed by atoms with Crippen LogP contribution in [-0.4, -0.2) is 17.4 Å². The smallest absolute Gasteiger partial charge is 0.269 e. The summed E-state index contributed by atoms with van der Waals surface area (Å²) in [6, 6.07) is 22.2. The number of amides is 1. The van der Waals surface area contributed by atoms with Gasteiger partial charge in [0.05, 0.1) is 17.1 Å². The minimum Gasteiger partial charge on any atom is -0.457 e. The molecule has 142 valence electrons. The predicted molar refractivity (Wildman–Crippen MR) is 113 cm³/mol. The number of benzene rings is 2. The van der Waals surface area contributed by atoms with Crippen LogP contribution < -0.4 is 10.1 Å². The maximum atomic E-state index is 12.4. The van der Waals surface area contributed by atoms with Gasteiger partial charge in [-0.15, -0.1) is 11.3 Å². The molecule has 1 amide bonds. The van der Waals surface area contributed by atoms with E-state index in [1.807, 2.05) is 35.7 Å². The number of aromatic nitrogens is 1. The second-order valence-electron chi connectivity index (χ2n) is 6.37. The summed E-state index contributed by atoms with van der Waals surface area (Å²) in [7, 11) is 0. The lowest BCUT2D eigenvalue weighted by atomic mass is 10.2. The second-order valence-corrected chi connectivity index (χ2v) is 7.41. The van der Waals surface area contributed by atoms with Gasteiger partial charge in [0.15, 0.2) is 0 Å². The van der Waals surface area contributed by atoms with Gasteiger partial charge in [-0.3, -0.25) is 4.79 Å². The Labute approximate surface area is 172 Å². The van der Waals surface area contributed by atoms with E-state index < -0.39 is 0 Å². The summed E-state index contributed by atoms with van der Waals surface area (Å²) in [5.74, 6) is 1.14. The second kappa shape index (κ2) is 8.55. The lowest BCUT2D eigenvalue weighted by Crippen LogP contribution is -2.26. The lowest BCUT2D eigenvalue weighted by molar-refractivity contribution is 0.0949. The SMILES string of the molecule is N#Cc1ccc(Oc2ccc3nc(C(=O)NCCc4cccs4)ccc3c2)cc1. The normalized spacial score (nSPS) is 10.4. The molecule has 0 saturated carbocycles. The topological polar surface area (TPSA) is 75.0 Å². The van der Waals surface area contributed by atoms with E-state index in [0.29, 0.717) is 29.3 Å². The van der Waals surface area contributed by atoms with Crippen LogP contribution in [0.25, 0.3) is 10.9 Å². The molecule has 2 aromatic heterocycles. The number of carbonyl (C=O) groups is 1. The molecule has 0 atom stereocenters. The third kappa shape index (κ3) is 4.60. The van der Waals surface area contributed by atoms with Crippen molar-refractivity contribution >= 4 is 28.1 Å². The molecule has 0 aliphatic carbocycles. The fourth-order valence-corrected chi connectivity index (χ4v) is 3.58. The van der Waals surface area contributed by atoms with Crippen molar-refractivity contribution in [1.29, 1.82) is 5.26 Å². The van der Waals surface area contributed by atoms with Crippen molar-refractivity contribution in [2.24, 2.45) is 0 Å². The molecule has 1 N–H and O–H groups in total. The number of fused-ring (bicyclic) bond motifs is 1. The number of nitriles is 1. The van der Waals surface area contributed by atoms with Crippen LogP contribution in [0.15, 0.2) is 72.1 Å². The number of carbonyl (C=O) groups excluding carboxylic acids is 1. The van der Waals surface area contributed by atoms with Gasteiger partial charge in [-0.05, 0) is 66.4 Å². The minimum absolute atomic E-state index is 0.179. The summed E-state index contributed by atoms with van der Waals surface area (Å²) in [6.45, 7) is 0.580. The first kappa shape index (κ1) is 18.7. The van der Waals surface area contributed by atoms with Crippen LogP contribution in [0.2, 0.25) is 0 Å². The van der Waals surface area contributed by atoms with Gasteiger partial charge in [0.2, 0.25) is 0 Å². The quantitative estimate of drug-likeness (QED) is 0.499. The van der Waals surface area contributed by atoms with Crippen molar-refractivity contribution in [3.8, 4) is 17.6 Å². The van der Waals surface area contributed by atoms with E-state index in [0.717, 1.165) is 17.3 Å². The Hall–Kier alpha value is -3.69. The van der Waals surface area contributed by atoms with Gasteiger partial charge in [0.25, 0.3) is 5.91 Å². The van der Waals surface area contributed by atoms with Crippen LogP contribution in [0.4, 0.5) is 0 Å². The third-order valence-corrected chi connectivity index (χ3v) is 5.29. The average molecular weight is 399 g/mol. The number of nitrogens with zero attached hydrogens (tertiary/aromatic N) is 2. The molecule has 0 unspecified atom stereocenters. The van der Waals surface area contributed by atoms with Gasteiger partial charge < -0.3 is 10.1 Å². The first-order chi connectivity index (χ1) is 14.2. The molecule has 4 rings (SSSR count). The molecule has 0 aliphatic heterocycles. The maximum absolute atomic E-state index is 12.4. The molecule has 29 heavy (non-hydrogen) atoms. The standard InChI is InChI=1S/C23H17N3O2S/c24-15-16-3-6-18(7-4-16)28-19-8-10-21-17(14-19)5-9-22(26-21)23(27)25-12-11-20-2-1-13-29-20/h1-10,13-14H,11-12H2,(H,25,27). The van der Waals surface area contributed by atoms with E-state index in [2.05, 4.69) is 22.4 Å². The lowest BCUT2D eigenvalue weighted by Gasteiger charge is -2.08. The van der Waals surface area contributed by atoms with Gasteiger partial charge in [-0.1, -0.05) is 12.1 Å². The van der Waals surface area contributed by atoms with E-state index in [-0.39, 0.29) is 5.91 Å². The van der Waals surface area contributed by atoms with Crippen LogP contribution >= 0.6 is 11.3 Å². The first-order valence-corrected chi connectivity index (χ1v) is 9.99. The van der Waals surface area contributed by atoms with Crippen molar-refractivity contribution in [2.75, 3.05) is 6.54 Å². The largest absolute Gasteiger partial charge is 0.457 e. The summed E-state index contributed by atoms with van der Waals surface area (Å²) >= 11 is 1.68. The van der Waals surface area contributed by atoms with Crippen LogP contribution in [-0.2, 0) is 6.42 Å². The van der Waals surface area contributed by atoms with Crippen LogP contribution in [0.1, 0.15) is 20.9 Å². The van der Waals surface area contributed by atoms with Gasteiger partial charge in [-0.25, -0.2) is 4.98 Å². The van der Waals surface area contributed by atoms with Gasteiger partial charge in [0.1, 0.15) is 17.2 Å². The summed E-state index contributed by atoms with van der Waals surface area (Å²) in [5.41, 5.74) is 1.70. The van der Waals surface area contributed by atoms with Gasteiger partial charge in [-0.2, -0.15) is 5.26 Å². The molecule has 6 heteroatoms. The number of hydrogen-bond acceptors (Lipinski definition) is 5. The van der Waals surface area contributed by atoms with Crippen LogP contribution in [0, 0.1) is 11.3 Å². The van der Waals surface area contributed by atoms with E-state index in [4.69, 9.17) is 10.00 Å². The molecule has 0 saturated heterocycles. The van der Waals surface area contributed by atoms with Crippen molar-refractivity contribution < 1.29 is 9.53 Å². The first-order valence-electron chi connectivity index (χ1n) is 9.11. The molecule has 0 aliphatic rings. The highest BCUT2D eigenvalue weighted by molar-refractivity contribution is 7.09. The zero-order valence-electron chi connectivity index (χ0n) is 15.5. The Bertz CT molecular complexity index is 1180. The number of hydrogen-bond donors (Lipinski definition) is 1. The number of nitrogens with one attached hydrogen (secondary N) is 1. The molecule has 0 fully saturated rings. The Morgan fingerprint density at radius 2 is 1.90 bits per heavy atom. The maximum Gasteiger partial charge on any atom is 0.269 e. The highest BCUT2D eigenvalue weighted by Gasteiger charge is 2.09. The molecule has 4 aromatic rings. The van der Waals surface area contributed by atoms with E-state index >= 15 is 0 Å². The van der Waals surface area contributed by atoms with Crippen molar-refractivity contribution in [2.45, 2.75) is 6.42 Å². The Balaban J connectivity index is 1.43. The molecule has 0 radical (unpaired) electrons. The third-order valence-electron chi connectivity index (χ3n) is 4.35. The van der Waals surface area contributed by atoms with Crippen molar-refractivity contribution in [3.05, 3.63) is 88.2 Å². The van der Waals surface area contributed by atoms with E-state index in [1.54, 1.807) is 41.7 Å². The zero-order valence-corrected chi connectivity index (χ0v) is 16.3. The zero-order chi connectivity index (χ0) is 20.1. The summed E-state index contributed by atoms with van der Waals surface area (Å²) in [4.78, 5) is 18.1. The Kier molecular flexibility index (Phi) is 5.50. The molecule has 2 aromatic carbocycles. The molecule has 2 heterocycles. The Morgan fingerprint density at radius 1 is 1.07 bits per heavy atom. The fourth-order valence-electron chi connectivity index (χ4n) is 2.87. The average Bonchev–Trinajstić information content (AvgIpc) is 3.27. The molecule has 0 bridgehead atoms. The number of thiophene rings is 1. The van der Waals surface area contributed by atoms with Gasteiger partial charge >= 0.3 is 0 Å². The van der Waals surface area contributed by atoms with E-state index in [9.17, 15) is 4.79 Å². The number of rotatable bonds is 6. The minimum atomic E-state index is -0.179. The van der Waals surface area contributed by atoms with E-state index in [1.165, 1.54) is 4.88 Å². The molecular weight excluding hydrogens is 382 g/mol. The summed E-state index contributed by atoms with van der Waals surface area (Å²) in [5, 5.41) is 14.7. The van der Waals surface area contributed by atoms with Crippen molar-refractivity contribution in [1.82, 2.24) is 10.3 Å². The molecule has 5 nitrogen and oxygen atoms in total. The molecule has 0 spiro atoms. The summed E-state index contributed by atoms with van der Waals surface area (Å²) in [6.07, 6.45) is 0.813. The Morgan fingerprint density at radius 3 is 2.66 bits per heavy atom. The van der Waals surface area contributed by atoms with Gasteiger partial charge in [0, 0.05) is 16.8 Å². The highest BCUT2D eigenvalue weighted by atomic mass is 32.1. The summed E-state index contributed by atoms with van der Waals surface area (Å²) < 4.78 is 5.84. The van der Waals surface area contributed by atoms with Crippen LogP contribution in [0.5, 0.6) is 11.5 Å². The number of pyridine rings is 1.